The van der Waals surface area contributed by atoms with Gasteiger partial charge in [-0.3, -0.25) is 4.79 Å². The van der Waals surface area contributed by atoms with Gasteiger partial charge >= 0.3 is 0 Å². The van der Waals surface area contributed by atoms with Crippen molar-refractivity contribution < 1.29 is 9.90 Å². The lowest BCUT2D eigenvalue weighted by molar-refractivity contribution is -0.143. The fourth-order valence-electron chi connectivity index (χ4n) is 3.32. The summed E-state index contributed by atoms with van der Waals surface area (Å²) in [7, 11) is 0. The lowest BCUT2D eigenvalue weighted by Crippen LogP contribution is -2.48. The molecule has 2 saturated heterocycles. The quantitative estimate of drug-likeness (QED) is 0.762. The first-order chi connectivity index (χ1) is 8.23. The molecule has 4 nitrogen and oxygen atoms in total. The van der Waals surface area contributed by atoms with Crippen molar-refractivity contribution in [2.75, 3.05) is 26.2 Å². The highest BCUT2D eigenvalue weighted by Crippen LogP contribution is 2.35. The molecule has 17 heavy (non-hydrogen) atoms. The minimum atomic E-state index is -0.188. The minimum absolute atomic E-state index is 0.0665. The first-order valence-corrected chi connectivity index (χ1v) is 6.86. The minimum Gasteiger partial charge on any atom is -0.394 e. The number of nitrogens with one attached hydrogen (secondary N) is 1. The molecule has 2 N–H and O–H groups in total. The summed E-state index contributed by atoms with van der Waals surface area (Å²) in [6.45, 7) is 4.84. The van der Waals surface area contributed by atoms with Gasteiger partial charge in [0.15, 0.2) is 0 Å². The number of carbonyl (C=O) groups is 1. The Kier molecular flexibility index (Phi) is 4.05. The Morgan fingerprint density at radius 2 is 2.41 bits per heavy atom. The monoisotopic (exact) mass is 240 g/mol. The van der Waals surface area contributed by atoms with E-state index in [-0.39, 0.29) is 24.0 Å². The number of carbonyl (C=O) groups excluding carboxylic acids is 1. The van der Waals surface area contributed by atoms with Crippen LogP contribution >= 0.6 is 0 Å². The molecule has 4 heteroatoms. The number of aliphatic hydroxyl groups excluding tert-OH is 1. The molecule has 2 aliphatic heterocycles. The summed E-state index contributed by atoms with van der Waals surface area (Å²) in [6.07, 6.45) is 4.96. The highest BCUT2D eigenvalue weighted by atomic mass is 16.3. The average molecular weight is 240 g/mol. The Balaban J connectivity index is 2.10. The van der Waals surface area contributed by atoms with Gasteiger partial charge in [0.25, 0.3) is 0 Å². The number of nitrogens with zero attached hydrogens (tertiary/aromatic N) is 1. The maximum absolute atomic E-state index is 12.7. The van der Waals surface area contributed by atoms with Gasteiger partial charge in [0.2, 0.25) is 5.91 Å². The first kappa shape index (κ1) is 12.8. The van der Waals surface area contributed by atoms with Gasteiger partial charge in [0.05, 0.1) is 18.1 Å². The van der Waals surface area contributed by atoms with Crippen LogP contribution in [0.4, 0.5) is 0 Å². The van der Waals surface area contributed by atoms with Crippen molar-refractivity contribution >= 4 is 5.91 Å². The molecular formula is C13H24N2O2. The molecule has 0 aromatic rings. The van der Waals surface area contributed by atoms with E-state index in [0.717, 1.165) is 51.7 Å². The molecule has 0 aromatic carbocycles. The van der Waals surface area contributed by atoms with Gasteiger partial charge < -0.3 is 15.3 Å². The number of amides is 1. The molecule has 2 rings (SSSR count). The zero-order chi connectivity index (χ0) is 12.3. The van der Waals surface area contributed by atoms with Crippen LogP contribution in [0.1, 0.15) is 39.0 Å². The average Bonchev–Trinajstić information content (AvgIpc) is 2.97. The van der Waals surface area contributed by atoms with Crippen LogP contribution in [0.25, 0.3) is 0 Å². The Labute approximate surface area is 103 Å². The Morgan fingerprint density at radius 1 is 1.59 bits per heavy atom. The van der Waals surface area contributed by atoms with E-state index >= 15 is 0 Å². The predicted molar refractivity (Wildman–Crippen MR) is 66.6 cm³/mol. The van der Waals surface area contributed by atoms with Crippen LogP contribution in [0.5, 0.6) is 0 Å². The third kappa shape index (κ3) is 2.33. The van der Waals surface area contributed by atoms with Crippen LogP contribution < -0.4 is 5.32 Å². The van der Waals surface area contributed by atoms with Crippen molar-refractivity contribution in [3.63, 3.8) is 0 Å². The van der Waals surface area contributed by atoms with Gasteiger partial charge in [-0.15, -0.1) is 0 Å². The van der Waals surface area contributed by atoms with Gasteiger partial charge in [-0.05, 0) is 32.2 Å². The summed E-state index contributed by atoms with van der Waals surface area (Å²) in [5.74, 6) is 0.279. The van der Waals surface area contributed by atoms with E-state index in [1.807, 2.05) is 4.90 Å². The molecule has 0 saturated carbocycles. The van der Waals surface area contributed by atoms with Crippen molar-refractivity contribution in [1.82, 2.24) is 10.2 Å². The maximum atomic E-state index is 12.7. The van der Waals surface area contributed by atoms with E-state index in [9.17, 15) is 9.90 Å². The van der Waals surface area contributed by atoms with Crippen molar-refractivity contribution in [3.8, 4) is 0 Å². The van der Waals surface area contributed by atoms with Crippen LogP contribution in [0, 0.1) is 5.41 Å². The molecule has 1 unspecified atom stereocenters. The zero-order valence-corrected chi connectivity index (χ0v) is 10.7. The molecular weight excluding hydrogens is 216 g/mol. The fourth-order valence-corrected chi connectivity index (χ4v) is 3.32. The van der Waals surface area contributed by atoms with Crippen LogP contribution in [-0.2, 0) is 4.79 Å². The molecule has 2 heterocycles. The van der Waals surface area contributed by atoms with E-state index in [0.29, 0.717) is 0 Å². The molecule has 0 bridgehead atoms. The summed E-state index contributed by atoms with van der Waals surface area (Å²) in [4.78, 5) is 14.6. The Bertz CT molecular complexity index is 275. The molecule has 2 atom stereocenters. The number of likely N-dealkylation sites (tertiary alicyclic amines) is 1. The Morgan fingerprint density at radius 3 is 3.00 bits per heavy atom. The lowest BCUT2D eigenvalue weighted by atomic mass is 9.81. The number of aliphatic hydroxyl groups is 1. The normalized spacial score (nSPS) is 33.3. The smallest absolute Gasteiger partial charge is 0.230 e. The molecule has 0 aromatic heterocycles. The van der Waals surface area contributed by atoms with Crippen LogP contribution in [0.15, 0.2) is 0 Å². The van der Waals surface area contributed by atoms with Crippen LogP contribution in [0.2, 0.25) is 0 Å². The molecule has 98 valence electrons. The molecule has 0 radical (unpaired) electrons. The third-order valence-electron chi connectivity index (χ3n) is 4.27. The summed E-state index contributed by atoms with van der Waals surface area (Å²) < 4.78 is 0. The second-order valence-corrected chi connectivity index (χ2v) is 5.43. The van der Waals surface area contributed by atoms with Gasteiger partial charge in [0, 0.05) is 13.1 Å². The summed E-state index contributed by atoms with van der Waals surface area (Å²) in [5, 5.41) is 12.7. The largest absolute Gasteiger partial charge is 0.394 e. The van der Waals surface area contributed by atoms with E-state index in [2.05, 4.69) is 12.2 Å². The number of rotatable bonds is 4. The van der Waals surface area contributed by atoms with E-state index in [1.165, 1.54) is 0 Å². The number of hydrogen-bond donors (Lipinski definition) is 2. The Hall–Kier alpha value is -0.610. The standard InChI is InChI=1S/C13H24N2O2/c1-2-5-13(6-7-14-10-13)12(17)15-8-3-4-11(15)9-16/h11,14,16H,2-10H2,1H3/t11-,13?/m0/s1. The lowest BCUT2D eigenvalue weighted by Gasteiger charge is -2.34. The molecule has 1 amide bonds. The van der Waals surface area contributed by atoms with Crippen molar-refractivity contribution in [2.45, 2.75) is 45.1 Å². The topological polar surface area (TPSA) is 52.6 Å². The van der Waals surface area contributed by atoms with Crippen molar-refractivity contribution in [2.24, 2.45) is 5.41 Å². The zero-order valence-electron chi connectivity index (χ0n) is 10.7. The number of hydrogen-bond acceptors (Lipinski definition) is 3. The summed E-state index contributed by atoms with van der Waals surface area (Å²) in [5.41, 5.74) is -0.188. The molecule has 0 spiro atoms. The van der Waals surface area contributed by atoms with Gasteiger partial charge in [-0.2, -0.15) is 0 Å². The second kappa shape index (κ2) is 5.36. The highest BCUT2D eigenvalue weighted by molar-refractivity contribution is 5.84. The molecule has 2 aliphatic rings. The van der Waals surface area contributed by atoms with E-state index < -0.39 is 0 Å². The SMILES string of the molecule is CCCC1(C(=O)N2CCC[C@H]2CO)CCNC1. The van der Waals surface area contributed by atoms with Gasteiger partial charge in [0.1, 0.15) is 0 Å². The van der Waals surface area contributed by atoms with Crippen LogP contribution in [0.3, 0.4) is 0 Å². The van der Waals surface area contributed by atoms with E-state index in [4.69, 9.17) is 0 Å². The summed E-state index contributed by atoms with van der Waals surface area (Å²) >= 11 is 0. The van der Waals surface area contributed by atoms with Gasteiger partial charge in [-0.1, -0.05) is 13.3 Å². The second-order valence-electron chi connectivity index (χ2n) is 5.43. The van der Waals surface area contributed by atoms with Crippen molar-refractivity contribution in [3.05, 3.63) is 0 Å². The molecule has 2 fully saturated rings. The van der Waals surface area contributed by atoms with E-state index in [1.54, 1.807) is 0 Å². The molecule has 0 aliphatic carbocycles. The predicted octanol–water partition coefficient (Wildman–Crippen LogP) is 0.749. The van der Waals surface area contributed by atoms with Crippen LogP contribution in [-0.4, -0.2) is 48.2 Å². The summed E-state index contributed by atoms with van der Waals surface area (Å²) in [6, 6.07) is 0.0665. The fraction of sp³-hybridized carbons (Fsp3) is 0.923. The van der Waals surface area contributed by atoms with Crippen molar-refractivity contribution in [1.29, 1.82) is 0 Å². The highest BCUT2D eigenvalue weighted by Gasteiger charge is 2.45. The first-order valence-electron chi connectivity index (χ1n) is 6.86. The van der Waals surface area contributed by atoms with Gasteiger partial charge in [-0.25, -0.2) is 0 Å². The maximum Gasteiger partial charge on any atom is 0.230 e. The third-order valence-corrected chi connectivity index (χ3v) is 4.27.